The Morgan fingerprint density at radius 3 is 2.33 bits per heavy atom. The summed E-state index contributed by atoms with van der Waals surface area (Å²) in [6.07, 6.45) is 6.40. The van der Waals surface area contributed by atoms with Crippen LogP contribution in [0.3, 0.4) is 0 Å². The average Bonchev–Trinajstić information content (AvgIpc) is 2.61. The number of ether oxygens (including phenoxy) is 1. The molecule has 0 unspecified atom stereocenters. The summed E-state index contributed by atoms with van der Waals surface area (Å²) < 4.78 is 5.84. The lowest BCUT2D eigenvalue weighted by atomic mass is 10.1. The Morgan fingerprint density at radius 2 is 1.54 bits per heavy atom. The van der Waals surface area contributed by atoms with Crippen molar-refractivity contribution in [3.8, 4) is 5.75 Å². The van der Waals surface area contributed by atoms with Crippen LogP contribution in [-0.2, 0) is 17.6 Å². The van der Waals surface area contributed by atoms with Crippen LogP contribution in [-0.4, -0.2) is 17.7 Å². The fourth-order valence-corrected chi connectivity index (χ4v) is 2.70. The maximum absolute atomic E-state index is 10.7. The normalized spacial score (nSPS) is 10.5. The van der Waals surface area contributed by atoms with Crippen molar-refractivity contribution in [3.05, 3.63) is 65.7 Å². The third kappa shape index (κ3) is 6.86. The maximum atomic E-state index is 10.7. The van der Waals surface area contributed by atoms with Crippen LogP contribution in [0.1, 0.15) is 43.2 Å². The van der Waals surface area contributed by atoms with Crippen molar-refractivity contribution in [3.63, 3.8) is 0 Å². The molecule has 0 bridgehead atoms. The molecule has 0 radical (unpaired) electrons. The Morgan fingerprint density at radius 1 is 0.833 bits per heavy atom. The number of unbranched alkanes of at least 4 members (excludes halogenated alkanes) is 3. The van der Waals surface area contributed by atoms with Crippen molar-refractivity contribution in [2.45, 2.75) is 44.9 Å². The van der Waals surface area contributed by atoms with Gasteiger partial charge >= 0.3 is 5.97 Å². The Kier molecular flexibility index (Phi) is 7.88. The summed E-state index contributed by atoms with van der Waals surface area (Å²) in [4.78, 5) is 10.7. The molecule has 2 rings (SSSR count). The van der Waals surface area contributed by atoms with Gasteiger partial charge in [0.05, 0.1) is 6.61 Å². The van der Waals surface area contributed by atoms with Crippen LogP contribution in [0.5, 0.6) is 5.75 Å². The predicted molar refractivity (Wildman–Crippen MR) is 96.5 cm³/mol. The zero-order valence-corrected chi connectivity index (χ0v) is 14.1. The van der Waals surface area contributed by atoms with E-state index in [4.69, 9.17) is 9.84 Å². The highest BCUT2D eigenvalue weighted by Crippen LogP contribution is 2.20. The van der Waals surface area contributed by atoms with Crippen LogP contribution in [0.25, 0.3) is 0 Å². The van der Waals surface area contributed by atoms with E-state index in [0.29, 0.717) is 13.0 Å². The molecule has 0 saturated carbocycles. The minimum atomic E-state index is -0.775. The fraction of sp³-hybridized carbons (Fsp3) is 0.381. The van der Waals surface area contributed by atoms with E-state index >= 15 is 0 Å². The molecule has 0 fully saturated rings. The van der Waals surface area contributed by atoms with Crippen LogP contribution in [0.15, 0.2) is 54.6 Å². The van der Waals surface area contributed by atoms with Crippen molar-refractivity contribution in [2.75, 3.05) is 6.61 Å². The first-order valence-corrected chi connectivity index (χ1v) is 8.72. The van der Waals surface area contributed by atoms with E-state index in [9.17, 15) is 4.79 Å². The molecule has 2 aromatic rings. The van der Waals surface area contributed by atoms with Crippen molar-refractivity contribution >= 4 is 5.97 Å². The van der Waals surface area contributed by atoms with Crippen LogP contribution in [0.4, 0.5) is 0 Å². The SMILES string of the molecule is O=C(O)CCc1ccccc1OCCCCCCc1ccccc1. The molecular weight excluding hydrogens is 300 g/mol. The molecule has 3 nitrogen and oxygen atoms in total. The zero-order chi connectivity index (χ0) is 17.0. The number of para-hydroxylation sites is 1. The summed E-state index contributed by atoms with van der Waals surface area (Å²) in [5.41, 5.74) is 2.38. The summed E-state index contributed by atoms with van der Waals surface area (Å²) >= 11 is 0. The fourth-order valence-electron chi connectivity index (χ4n) is 2.70. The topological polar surface area (TPSA) is 46.5 Å². The lowest BCUT2D eigenvalue weighted by Crippen LogP contribution is -2.03. The van der Waals surface area contributed by atoms with Gasteiger partial charge in [0.25, 0.3) is 0 Å². The average molecular weight is 326 g/mol. The monoisotopic (exact) mass is 326 g/mol. The molecule has 24 heavy (non-hydrogen) atoms. The largest absolute Gasteiger partial charge is 0.493 e. The minimum Gasteiger partial charge on any atom is -0.493 e. The van der Waals surface area contributed by atoms with Gasteiger partial charge in [-0.1, -0.05) is 61.4 Å². The maximum Gasteiger partial charge on any atom is 0.303 e. The molecule has 0 spiro atoms. The molecule has 0 aliphatic rings. The highest BCUT2D eigenvalue weighted by atomic mass is 16.5. The first kappa shape index (κ1) is 18.1. The van der Waals surface area contributed by atoms with E-state index in [2.05, 4.69) is 30.3 Å². The standard InChI is InChI=1S/C21H26O3/c22-21(23)16-15-19-13-7-8-14-20(19)24-17-9-2-1-4-10-18-11-5-3-6-12-18/h3,5-8,11-14H,1-2,4,9-10,15-17H2,(H,22,23). The quantitative estimate of drug-likeness (QED) is 0.598. The molecule has 0 aliphatic carbocycles. The van der Waals surface area contributed by atoms with Crippen molar-refractivity contribution in [1.29, 1.82) is 0 Å². The molecule has 3 heteroatoms. The summed E-state index contributed by atoms with van der Waals surface area (Å²) in [6, 6.07) is 18.3. The summed E-state index contributed by atoms with van der Waals surface area (Å²) in [6.45, 7) is 0.690. The number of carboxylic acids is 1. The zero-order valence-electron chi connectivity index (χ0n) is 14.1. The number of rotatable bonds is 11. The number of hydrogen-bond donors (Lipinski definition) is 1. The van der Waals surface area contributed by atoms with E-state index in [-0.39, 0.29) is 6.42 Å². The Hall–Kier alpha value is -2.29. The van der Waals surface area contributed by atoms with Crippen LogP contribution >= 0.6 is 0 Å². The highest BCUT2D eigenvalue weighted by molar-refractivity contribution is 5.67. The van der Waals surface area contributed by atoms with Gasteiger partial charge in [-0.25, -0.2) is 0 Å². The van der Waals surface area contributed by atoms with Gasteiger partial charge in [0.2, 0.25) is 0 Å². The van der Waals surface area contributed by atoms with Gasteiger partial charge < -0.3 is 9.84 Å². The molecule has 0 aliphatic heterocycles. The van der Waals surface area contributed by atoms with Gasteiger partial charge in [0, 0.05) is 6.42 Å². The molecule has 0 amide bonds. The number of carbonyl (C=O) groups is 1. The number of aliphatic carboxylic acids is 1. The van der Waals surface area contributed by atoms with Gasteiger partial charge in [0.1, 0.15) is 5.75 Å². The molecular formula is C21H26O3. The summed E-state index contributed by atoms with van der Waals surface area (Å²) in [7, 11) is 0. The first-order chi connectivity index (χ1) is 11.8. The minimum absolute atomic E-state index is 0.139. The van der Waals surface area contributed by atoms with Gasteiger partial charge in [0.15, 0.2) is 0 Å². The van der Waals surface area contributed by atoms with E-state index in [0.717, 1.165) is 30.6 Å². The van der Waals surface area contributed by atoms with Crippen LogP contribution in [0.2, 0.25) is 0 Å². The molecule has 2 aromatic carbocycles. The van der Waals surface area contributed by atoms with Crippen LogP contribution < -0.4 is 4.74 Å². The second-order valence-electron chi connectivity index (χ2n) is 6.00. The lowest BCUT2D eigenvalue weighted by Gasteiger charge is -2.10. The Balaban J connectivity index is 1.61. The van der Waals surface area contributed by atoms with Gasteiger partial charge in [-0.3, -0.25) is 4.79 Å². The van der Waals surface area contributed by atoms with Gasteiger partial charge in [-0.15, -0.1) is 0 Å². The number of hydrogen-bond acceptors (Lipinski definition) is 2. The summed E-state index contributed by atoms with van der Waals surface area (Å²) in [5, 5.41) is 8.80. The smallest absolute Gasteiger partial charge is 0.303 e. The predicted octanol–water partition coefficient (Wildman–Crippen LogP) is 4.89. The molecule has 0 saturated heterocycles. The Bertz CT molecular complexity index is 607. The molecule has 0 atom stereocenters. The van der Waals surface area contributed by atoms with Crippen molar-refractivity contribution in [1.82, 2.24) is 0 Å². The van der Waals surface area contributed by atoms with Gasteiger partial charge in [-0.2, -0.15) is 0 Å². The van der Waals surface area contributed by atoms with E-state index < -0.39 is 5.97 Å². The van der Waals surface area contributed by atoms with Crippen molar-refractivity contribution in [2.24, 2.45) is 0 Å². The second-order valence-corrected chi connectivity index (χ2v) is 6.00. The van der Waals surface area contributed by atoms with Crippen molar-refractivity contribution < 1.29 is 14.6 Å². The lowest BCUT2D eigenvalue weighted by molar-refractivity contribution is -0.136. The third-order valence-electron chi connectivity index (χ3n) is 4.04. The first-order valence-electron chi connectivity index (χ1n) is 8.72. The van der Waals surface area contributed by atoms with E-state index in [1.54, 1.807) is 0 Å². The highest BCUT2D eigenvalue weighted by Gasteiger charge is 2.05. The second kappa shape index (κ2) is 10.5. The summed E-state index contributed by atoms with van der Waals surface area (Å²) in [5.74, 6) is 0.0475. The number of carboxylic acid groups (broad SMARTS) is 1. The van der Waals surface area contributed by atoms with Crippen LogP contribution in [0, 0.1) is 0 Å². The molecule has 1 N–H and O–H groups in total. The number of aryl methyl sites for hydroxylation is 2. The number of benzene rings is 2. The van der Waals surface area contributed by atoms with E-state index in [1.165, 1.54) is 18.4 Å². The molecule has 0 heterocycles. The van der Waals surface area contributed by atoms with E-state index in [1.807, 2.05) is 24.3 Å². The third-order valence-corrected chi connectivity index (χ3v) is 4.04. The van der Waals surface area contributed by atoms with Gasteiger partial charge in [-0.05, 0) is 42.9 Å². The molecule has 0 aromatic heterocycles. The Labute approximate surface area is 144 Å². The molecule has 128 valence electrons.